The van der Waals surface area contributed by atoms with Gasteiger partial charge in [-0.3, -0.25) is 4.79 Å². The predicted octanol–water partition coefficient (Wildman–Crippen LogP) is 3.89. The number of rotatable bonds is 3. The summed E-state index contributed by atoms with van der Waals surface area (Å²) in [5.74, 6) is 0.0411. The van der Waals surface area contributed by atoms with Crippen LogP contribution in [0.15, 0.2) is 67.0 Å². The zero-order valence-electron chi connectivity index (χ0n) is 18.4. The molecule has 1 aliphatic rings. The van der Waals surface area contributed by atoms with E-state index in [1.807, 2.05) is 60.5 Å². The Bertz CT molecular complexity index is 1350. The van der Waals surface area contributed by atoms with Crippen molar-refractivity contribution in [2.75, 3.05) is 13.1 Å². The van der Waals surface area contributed by atoms with Crippen molar-refractivity contribution in [3.63, 3.8) is 0 Å². The second kappa shape index (κ2) is 8.15. The van der Waals surface area contributed by atoms with Gasteiger partial charge in [0.15, 0.2) is 5.65 Å². The van der Waals surface area contributed by atoms with Crippen LogP contribution in [0.25, 0.3) is 28.0 Å². The summed E-state index contributed by atoms with van der Waals surface area (Å²) in [6.45, 7) is 3.41. The molecule has 4 aromatic rings. The van der Waals surface area contributed by atoms with Gasteiger partial charge in [-0.2, -0.15) is 10.4 Å². The highest BCUT2D eigenvalue weighted by Gasteiger charge is 2.28. The van der Waals surface area contributed by atoms with Gasteiger partial charge in [0.25, 0.3) is 5.91 Å². The van der Waals surface area contributed by atoms with Crippen LogP contribution < -0.4 is 5.73 Å². The van der Waals surface area contributed by atoms with Crippen molar-refractivity contribution in [3.05, 3.63) is 78.1 Å². The number of amides is 1. The fraction of sp³-hybridized carbons (Fsp3) is 0.231. The highest BCUT2D eigenvalue weighted by molar-refractivity contribution is 5.94. The van der Waals surface area contributed by atoms with Gasteiger partial charge in [-0.1, -0.05) is 24.3 Å². The Morgan fingerprint density at radius 2 is 1.70 bits per heavy atom. The van der Waals surface area contributed by atoms with Crippen LogP contribution in [0.4, 0.5) is 0 Å². The summed E-state index contributed by atoms with van der Waals surface area (Å²) in [5, 5.41) is 13.4. The maximum Gasteiger partial charge on any atom is 0.253 e. The molecule has 0 saturated carbocycles. The molecule has 0 radical (unpaired) electrons. The van der Waals surface area contributed by atoms with Crippen molar-refractivity contribution in [2.24, 2.45) is 5.73 Å². The van der Waals surface area contributed by atoms with Gasteiger partial charge in [0.2, 0.25) is 0 Å². The Labute approximate surface area is 192 Å². The molecule has 7 heteroatoms. The third-order valence-electron chi connectivity index (χ3n) is 6.31. The van der Waals surface area contributed by atoms with Crippen molar-refractivity contribution >= 4 is 11.6 Å². The minimum absolute atomic E-state index is 0.0411. The van der Waals surface area contributed by atoms with E-state index in [1.165, 1.54) is 0 Å². The van der Waals surface area contributed by atoms with Crippen LogP contribution in [0.5, 0.6) is 0 Å². The minimum Gasteiger partial charge on any atom is -0.339 e. The highest BCUT2D eigenvalue weighted by atomic mass is 16.2. The van der Waals surface area contributed by atoms with Gasteiger partial charge in [0.05, 0.1) is 23.5 Å². The Hall–Kier alpha value is -4.02. The fourth-order valence-electron chi connectivity index (χ4n) is 4.14. The number of piperidine rings is 1. The van der Waals surface area contributed by atoms with Crippen LogP contribution in [-0.4, -0.2) is 44.0 Å². The third-order valence-corrected chi connectivity index (χ3v) is 6.31. The van der Waals surface area contributed by atoms with E-state index in [4.69, 9.17) is 16.0 Å². The van der Waals surface area contributed by atoms with E-state index in [-0.39, 0.29) is 11.4 Å². The quantitative estimate of drug-likeness (QED) is 0.525. The fourth-order valence-corrected chi connectivity index (χ4v) is 4.14. The number of likely N-dealkylation sites (tertiary alicyclic amines) is 1. The van der Waals surface area contributed by atoms with Crippen molar-refractivity contribution in [2.45, 2.75) is 25.3 Å². The van der Waals surface area contributed by atoms with Gasteiger partial charge < -0.3 is 10.6 Å². The van der Waals surface area contributed by atoms with Gasteiger partial charge in [0, 0.05) is 41.5 Å². The monoisotopic (exact) mass is 436 g/mol. The summed E-state index contributed by atoms with van der Waals surface area (Å²) < 4.78 is 1.73. The molecule has 7 nitrogen and oxygen atoms in total. The molecule has 2 aromatic heterocycles. The Kier molecular flexibility index (Phi) is 5.15. The van der Waals surface area contributed by atoms with Crippen molar-refractivity contribution in [3.8, 4) is 28.5 Å². The zero-order chi connectivity index (χ0) is 23.0. The second-order valence-electron chi connectivity index (χ2n) is 8.85. The molecule has 1 fully saturated rings. The number of hydrogen-bond donors (Lipinski definition) is 1. The first kappa shape index (κ1) is 20.9. The lowest BCUT2D eigenvalue weighted by Crippen LogP contribution is -2.49. The Morgan fingerprint density at radius 3 is 2.36 bits per heavy atom. The van der Waals surface area contributed by atoms with E-state index in [9.17, 15) is 4.79 Å². The van der Waals surface area contributed by atoms with Gasteiger partial charge in [-0.25, -0.2) is 9.50 Å². The summed E-state index contributed by atoms with van der Waals surface area (Å²) in [6.07, 6.45) is 5.28. The highest BCUT2D eigenvalue weighted by Crippen LogP contribution is 2.27. The third kappa shape index (κ3) is 4.09. The molecule has 1 saturated heterocycles. The van der Waals surface area contributed by atoms with Gasteiger partial charge >= 0.3 is 0 Å². The van der Waals surface area contributed by atoms with Crippen LogP contribution in [0, 0.1) is 11.3 Å². The number of benzene rings is 2. The summed E-state index contributed by atoms with van der Waals surface area (Å²) in [7, 11) is 0. The first-order valence-corrected chi connectivity index (χ1v) is 11.0. The summed E-state index contributed by atoms with van der Waals surface area (Å²) in [6, 6.07) is 19.0. The van der Waals surface area contributed by atoms with Gasteiger partial charge in [-0.05, 0) is 55.7 Å². The van der Waals surface area contributed by atoms with Crippen molar-refractivity contribution < 1.29 is 4.79 Å². The van der Waals surface area contributed by atoms with Crippen LogP contribution >= 0.6 is 0 Å². The lowest BCUT2D eigenvalue weighted by atomic mass is 9.91. The zero-order valence-corrected chi connectivity index (χ0v) is 18.4. The molecular weight excluding hydrogens is 412 g/mol. The molecule has 0 bridgehead atoms. The maximum atomic E-state index is 12.9. The molecule has 33 heavy (non-hydrogen) atoms. The Morgan fingerprint density at radius 1 is 1.03 bits per heavy atom. The molecule has 3 heterocycles. The normalized spacial score (nSPS) is 15.4. The molecule has 164 valence electrons. The number of nitrogens with two attached hydrogens (primary N) is 1. The lowest BCUT2D eigenvalue weighted by Gasteiger charge is -2.36. The number of carbonyl (C=O) groups is 1. The second-order valence-corrected chi connectivity index (χ2v) is 8.85. The van der Waals surface area contributed by atoms with E-state index in [0.717, 1.165) is 40.9 Å². The average Bonchev–Trinajstić information content (AvgIpc) is 3.27. The summed E-state index contributed by atoms with van der Waals surface area (Å²) >= 11 is 0. The van der Waals surface area contributed by atoms with Gasteiger partial charge in [-0.15, -0.1) is 0 Å². The van der Waals surface area contributed by atoms with E-state index in [2.05, 4.69) is 11.2 Å². The van der Waals surface area contributed by atoms with Crippen molar-refractivity contribution in [1.29, 1.82) is 5.26 Å². The number of hydrogen-bond acceptors (Lipinski definition) is 5. The molecule has 0 aliphatic carbocycles. The molecule has 1 aliphatic heterocycles. The Balaban J connectivity index is 1.40. The first-order valence-electron chi connectivity index (χ1n) is 11.0. The molecule has 1 amide bonds. The molecule has 0 atom stereocenters. The maximum absolute atomic E-state index is 12.9. The van der Waals surface area contributed by atoms with Crippen LogP contribution in [0.3, 0.4) is 0 Å². The van der Waals surface area contributed by atoms with Crippen LogP contribution in [0.2, 0.25) is 0 Å². The van der Waals surface area contributed by atoms with Gasteiger partial charge in [0.1, 0.15) is 0 Å². The topological polar surface area (TPSA) is 100 Å². The molecule has 5 rings (SSSR count). The number of carbonyl (C=O) groups excluding carboxylic acids is 1. The van der Waals surface area contributed by atoms with E-state index in [1.54, 1.807) is 22.8 Å². The standard InChI is InChI=1S/C26H24N6O/c1-26(28)11-14-31(15-12-26)25(33)21-8-6-20(7-9-21)23-10-13-32-24(30-23)22(17-29-32)19-4-2-18(16-27)3-5-19/h2-10,13,17H,11-12,14-15,28H2,1H3. The number of aromatic nitrogens is 3. The molecule has 0 spiro atoms. The first-order chi connectivity index (χ1) is 15.9. The van der Waals surface area contributed by atoms with E-state index in [0.29, 0.717) is 24.2 Å². The minimum atomic E-state index is -0.185. The smallest absolute Gasteiger partial charge is 0.253 e. The number of nitriles is 1. The van der Waals surface area contributed by atoms with Crippen LogP contribution in [-0.2, 0) is 0 Å². The van der Waals surface area contributed by atoms with E-state index < -0.39 is 0 Å². The number of fused-ring (bicyclic) bond motifs is 1. The molecular formula is C26H24N6O. The predicted molar refractivity (Wildman–Crippen MR) is 126 cm³/mol. The molecule has 2 N–H and O–H groups in total. The largest absolute Gasteiger partial charge is 0.339 e. The summed E-state index contributed by atoms with van der Waals surface area (Å²) in [4.78, 5) is 19.6. The summed E-state index contributed by atoms with van der Waals surface area (Å²) in [5.41, 5.74) is 11.6. The molecule has 0 unspecified atom stereocenters. The average molecular weight is 437 g/mol. The molecule has 2 aromatic carbocycles. The lowest BCUT2D eigenvalue weighted by molar-refractivity contribution is 0.0681. The van der Waals surface area contributed by atoms with Crippen molar-refractivity contribution in [1.82, 2.24) is 19.5 Å². The van der Waals surface area contributed by atoms with Crippen LogP contribution in [0.1, 0.15) is 35.7 Å². The number of nitrogens with zero attached hydrogens (tertiary/aromatic N) is 5. The van der Waals surface area contributed by atoms with E-state index >= 15 is 0 Å². The SMILES string of the molecule is CC1(N)CCN(C(=O)c2ccc(-c3ccn4ncc(-c5ccc(C#N)cc5)c4n3)cc2)CC1.